The third-order valence-electron chi connectivity index (χ3n) is 7.23. The second kappa shape index (κ2) is 13.2. The van der Waals surface area contributed by atoms with Crippen LogP contribution < -0.4 is 14.9 Å². The number of hydrogen-bond acceptors (Lipinski definition) is 7. The number of ether oxygens (including phenoxy) is 1. The van der Waals surface area contributed by atoms with Gasteiger partial charge in [-0.25, -0.2) is 13.1 Å². The number of rotatable bonds is 11. The summed E-state index contributed by atoms with van der Waals surface area (Å²) in [6, 6.07) is 3.28. The molecule has 0 bridgehead atoms. The number of esters is 1. The highest BCUT2D eigenvalue weighted by Crippen LogP contribution is 2.29. The van der Waals surface area contributed by atoms with Crippen LogP contribution in [-0.2, 0) is 24.3 Å². The summed E-state index contributed by atoms with van der Waals surface area (Å²) in [7, 11) is -2.24. The van der Waals surface area contributed by atoms with E-state index in [1.807, 2.05) is 19.1 Å². The summed E-state index contributed by atoms with van der Waals surface area (Å²) in [4.78, 5) is 31.4. The first kappa shape index (κ1) is 27.4. The van der Waals surface area contributed by atoms with Crippen molar-refractivity contribution in [2.75, 3.05) is 30.9 Å². The van der Waals surface area contributed by atoms with Crippen LogP contribution in [0.3, 0.4) is 0 Å². The molecule has 1 aromatic rings. The van der Waals surface area contributed by atoms with E-state index in [1.165, 1.54) is 7.11 Å². The van der Waals surface area contributed by atoms with Crippen LogP contribution in [0.2, 0.25) is 0 Å². The largest absolute Gasteiger partial charge is 0.468 e. The zero-order chi connectivity index (χ0) is 25.3. The van der Waals surface area contributed by atoms with Crippen molar-refractivity contribution >= 4 is 27.6 Å². The SMILES string of the molecule is CCCCS(=O)(=O)NC(CC1CCC(NC(=O)C2CCN(c3ccncc3)CC2)CC1)C(=O)OC. The van der Waals surface area contributed by atoms with Crippen LogP contribution in [0, 0.1) is 11.8 Å². The summed E-state index contributed by atoms with van der Waals surface area (Å²) in [6.07, 6.45) is 10.4. The number of methoxy groups -OCH3 is 1. The van der Waals surface area contributed by atoms with Crippen LogP contribution >= 0.6 is 0 Å². The predicted octanol–water partition coefficient (Wildman–Crippen LogP) is 2.62. The highest BCUT2D eigenvalue weighted by molar-refractivity contribution is 7.89. The van der Waals surface area contributed by atoms with Crippen molar-refractivity contribution in [3.8, 4) is 0 Å². The van der Waals surface area contributed by atoms with Gasteiger partial charge in [-0.3, -0.25) is 14.6 Å². The lowest BCUT2D eigenvalue weighted by atomic mass is 9.82. The van der Waals surface area contributed by atoms with E-state index in [2.05, 4.69) is 19.9 Å². The van der Waals surface area contributed by atoms with Gasteiger partial charge < -0.3 is 15.0 Å². The molecule has 35 heavy (non-hydrogen) atoms. The summed E-state index contributed by atoms with van der Waals surface area (Å²) in [6.45, 7) is 3.64. The van der Waals surface area contributed by atoms with Crippen LogP contribution in [0.1, 0.15) is 64.7 Å². The zero-order valence-corrected chi connectivity index (χ0v) is 21.8. The molecule has 10 heteroatoms. The van der Waals surface area contributed by atoms with E-state index in [-0.39, 0.29) is 29.5 Å². The molecule has 3 rings (SSSR count). The molecule has 2 aliphatic rings. The Balaban J connectivity index is 1.42. The molecule has 2 N–H and O–H groups in total. The fourth-order valence-corrected chi connectivity index (χ4v) is 6.51. The number of pyridine rings is 1. The maximum absolute atomic E-state index is 12.9. The average Bonchev–Trinajstić information content (AvgIpc) is 2.88. The number of aromatic nitrogens is 1. The number of carbonyl (C=O) groups excluding carboxylic acids is 2. The summed E-state index contributed by atoms with van der Waals surface area (Å²) in [5.74, 6) is -0.147. The summed E-state index contributed by atoms with van der Waals surface area (Å²) < 4.78 is 32.0. The van der Waals surface area contributed by atoms with Crippen molar-refractivity contribution in [2.45, 2.75) is 76.8 Å². The molecule has 1 atom stereocenters. The fourth-order valence-electron chi connectivity index (χ4n) is 5.09. The molecule has 0 spiro atoms. The lowest BCUT2D eigenvalue weighted by molar-refractivity contribution is -0.143. The minimum absolute atomic E-state index is 0.0112. The van der Waals surface area contributed by atoms with E-state index in [0.29, 0.717) is 12.8 Å². The molecule has 2 fully saturated rings. The number of nitrogens with zero attached hydrogens (tertiary/aromatic N) is 2. The van der Waals surface area contributed by atoms with Crippen molar-refractivity contribution in [1.82, 2.24) is 15.0 Å². The minimum atomic E-state index is -3.52. The van der Waals surface area contributed by atoms with E-state index < -0.39 is 22.0 Å². The maximum atomic E-state index is 12.9. The van der Waals surface area contributed by atoms with Crippen molar-refractivity contribution in [3.05, 3.63) is 24.5 Å². The Hall–Kier alpha value is -2.20. The number of sulfonamides is 1. The molecule has 2 heterocycles. The van der Waals surface area contributed by atoms with E-state index in [1.54, 1.807) is 12.4 Å². The Bertz CT molecular complexity index is 911. The number of amides is 1. The van der Waals surface area contributed by atoms with Gasteiger partial charge in [-0.2, -0.15) is 0 Å². The Kier molecular flexibility index (Phi) is 10.3. The highest BCUT2D eigenvalue weighted by Gasteiger charge is 2.32. The van der Waals surface area contributed by atoms with Gasteiger partial charge in [-0.15, -0.1) is 0 Å². The van der Waals surface area contributed by atoms with Gasteiger partial charge in [0.2, 0.25) is 15.9 Å². The van der Waals surface area contributed by atoms with Crippen LogP contribution in [0.15, 0.2) is 24.5 Å². The number of carbonyl (C=O) groups is 2. The van der Waals surface area contributed by atoms with Gasteiger partial charge >= 0.3 is 5.97 Å². The van der Waals surface area contributed by atoms with Crippen LogP contribution in [0.4, 0.5) is 5.69 Å². The van der Waals surface area contributed by atoms with E-state index >= 15 is 0 Å². The van der Waals surface area contributed by atoms with Crippen LogP contribution in [0.5, 0.6) is 0 Å². The Morgan fingerprint density at radius 3 is 2.37 bits per heavy atom. The second-order valence-corrected chi connectivity index (χ2v) is 11.7. The third-order valence-corrected chi connectivity index (χ3v) is 8.70. The molecule has 9 nitrogen and oxygen atoms in total. The van der Waals surface area contributed by atoms with Gasteiger partial charge in [0, 0.05) is 43.1 Å². The summed E-state index contributed by atoms with van der Waals surface area (Å²) in [5, 5.41) is 3.24. The van der Waals surface area contributed by atoms with Crippen LogP contribution in [0.25, 0.3) is 0 Å². The molecule has 1 saturated carbocycles. The highest BCUT2D eigenvalue weighted by atomic mass is 32.2. The van der Waals surface area contributed by atoms with E-state index in [0.717, 1.165) is 63.7 Å². The fraction of sp³-hybridized carbons (Fsp3) is 0.720. The number of piperidine rings is 1. The quantitative estimate of drug-likeness (QED) is 0.441. The lowest BCUT2D eigenvalue weighted by Gasteiger charge is -2.35. The summed E-state index contributed by atoms with van der Waals surface area (Å²) in [5.41, 5.74) is 1.15. The molecule has 0 radical (unpaired) electrons. The molecule has 1 aliphatic carbocycles. The van der Waals surface area contributed by atoms with E-state index in [9.17, 15) is 18.0 Å². The minimum Gasteiger partial charge on any atom is -0.468 e. The molecule has 1 aromatic heterocycles. The number of anilines is 1. The van der Waals surface area contributed by atoms with Gasteiger partial charge in [-0.05, 0) is 69.4 Å². The average molecular weight is 509 g/mol. The van der Waals surface area contributed by atoms with Gasteiger partial charge in [0.25, 0.3) is 0 Å². The molecular weight excluding hydrogens is 468 g/mol. The maximum Gasteiger partial charge on any atom is 0.323 e. The molecule has 1 unspecified atom stereocenters. The Labute approximate surface area is 209 Å². The van der Waals surface area contributed by atoms with E-state index in [4.69, 9.17) is 4.74 Å². The zero-order valence-electron chi connectivity index (χ0n) is 20.9. The molecule has 1 amide bonds. The van der Waals surface area contributed by atoms with Gasteiger partial charge in [0.1, 0.15) is 6.04 Å². The normalized spacial score (nSPS) is 22.4. The summed E-state index contributed by atoms with van der Waals surface area (Å²) >= 11 is 0. The Morgan fingerprint density at radius 2 is 1.77 bits per heavy atom. The predicted molar refractivity (Wildman–Crippen MR) is 135 cm³/mol. The molecule has 1 aliphatic heterocycles. The number of unbranched alkanes of at least 4 members (excludes halogenated alkanes) is 1. The third kappa shape index (κ3) is 8.45. The number of hydrogen-bond donors (Lipinski definition) is 2. The topological polar surface area (TPSA) is 118 Å². The first-order valence-corrected chi connectivity index (χ1v) is 14.5. The monoisotopic (exact) mass is 508 g/mol. The first-order valence-electron chi connectivity index (χ1n) is 12.8. The Morgan fingerprint density at radius 1 is 1.11 bits per heavy atom. The smallest absolute Gasteiger partial charge is 0.323 e. The molecule has 196 valence electrons. The van der Waals surface area contributed by atoms with Gasteiger partial charge in [0.15, 0.2) is 0 Å². The lowest BCUT2D eigenvalue weighted by Crippen LogP contribution is -2.46. The van der Waals surface area contributed by atoms with Gasteiger partial charge in [0.05, 0.1) is 12.9 Å². The second-order valence-electron chi connectivity index (χ2n) is 9.79. The van der Waals surface area contributed by atoms with Crippen molar-refractivity contribution in [1.29, 1.82) is 0 Å². The number of nitrogens with one attached hydrogen (secondary N) is 2. The van der Waals surface area contributed by atoms with Crippen molar-refractivity contribution in [2.24, 2.45) is 11.8 Å². The standard InChI is InChI=1S/C25H40N4O5S/c1-3-4-17-35(32,33)28-23(25(31)34-2)18-19-5-7-21(8-6-19)27-24(30)20-11-15-29(16-12-20)22-9-13-26-14-10-22/h9-10,13-14,19-21,23,28H,3-8,11-12,15-18H2,1-2H3,(H,27,30). The van der Waals surface area contributed by atoms with Crippen molar-refractivity contribution in [3.63, 3.8) is 0 Å². The van der Waals surface area contributed by atoms with Gasteiger partial charge in [-0.1, -0.05) is 13.3 Å². The van der Waals surface area contributed by atoms with Crippen LogP contribution in [-0.4, -0.2) is 63.3 Å². The first-order chi connectivity index (χ1) is 16.8. The molecular formula is C25H40N4O5S. The molecule has 0 aromatic carbocycles. The molecule has 1 saturated heterocycles. The van der Waals surface area contributed by atoms with Crippen molar-refractivity contribution < 1.29 is 22.7 Å².